The zero-order valence-electron chi connectivity index (χ0n) is 14.2. The molecule has 1 fully saturated rings. The molecule has 134 valence electrons. The van der Waals surface area contributed by atoms with Crippen molar-refractivity contribution >= 4 is 5.91 Å². The lowest BCUT2D eigenvalue weighted by atomic mass is 9.90. The molecule has 0 unspecified atom stereocenters. The summed E-state index contributed by atoms with van der Waals surface area (Å²) in [5.41, 5.74) is -1.49. The molecule has 8 heteroatoms. The summed E-state index contributed by atoms with van der Waals surface area (Å²) in [5, 5.41) is 6.32. The highest BCUT2D eigenvalue weighted by Crippen LogP contribution is 2.32. The van der Waals surface area contributed by atoms with Crippen LogP contribution >= 0.6 is 0 Å². The molecule has 25 heavy (non-hydrogen) atoms. The molecule has 1 amide bonds. The van der Waals surface area contributed by atoms with E-state index >= 15 is 0 Å². The molecule has 2 N–H and O–H groups in total. The smallest absolute Gasteiger partial charge is 0.340 e. The number of ether oxygens (including phenoxy) is 1. The fourth-order valence-electron chi connectivity index (χ4n) is 3.29. The number of H-pyrrole nitrogens is 2. The molecule has 1 aliphatic heterocycles. The molecule has 0 spiro atoms. The second-order valence-electron chi connectivity index (χ2n) is 6.35. The van der Waals surface area contributed by atoms with Crippen molar-refractivity contribution in [1.82, 2.24) is 20.1 Å². The fraction of sp³-hybridized carbons (Fsp3) is 0.471. The first-order valence-corrected chi connectivity index (χ1v) is 8.20. The lowest BCUT2D eigenvalue weighted by Crippen LogP contribution is -2.49. The molecule has 7 nitrogen and oxygen atoms in total. The van der Waals surface area contributed by atoms with Gasteiger partial charge in [0.1, 0.15) is 11.6 Å². The number of nitrogens with one attached hydrogen (secondary N) is 2. The third-order valence-corrected chi connectivity index (χ3v) is 4.89. The van der Waals surface area contributed by atoms with E-state index in [1.165, 1.54) is 13.2 Å². The molecule has 0 bridgehead atoms. The minimum atomic E-state index is -1.38. The normalized spacial score (nSPS) is 18.1. The van der Waals surface area contributed by atoms with Crippen LogP contribution in [0.15, 0.2) is 29.1 Å². The minimum Gasteiger partial charge on any atom is -0.364 e. The molecule has 2 aromatic rings. The maximum Gasteiger partial charge on any atom is 0.340 e. The molecule has 2 heterocycles. The van der Waals surface area contributed by atoms with Crippen LogP contribution in [0.1, 0.15) is 37.1 Å². The van der Waals surface area contributed by atoms with Crippen LogP contribution in [-0.4, -0.2) is 46.2 Å². The largest absolute Gasteiger partial charge is 0.364 e. The second-order valence-corrected chi connectivity index (χ2v) is 6.35. The van der Waals surface area contributed by atoms with E-state index in [0.717, 1.165) is 0 Å². The Labute approximate surface area is 144 Å². The van der Waals surface area contributed by atoms with Gasteiger partial charge in [-0.2, -0.15) is 5.10 Å². The number of aromatic nitrogens is 3. The number of nitrogens with zero attached hydrogens (tertiary/aromatic N) is 2. The van der Waals surface area contributed by atoms with Gasteiger partial charge in [0, 0.05) is 31.7 Å². The van der Waals surface area contributed by atoms with E-state index in [-0.39, 0.29) is 23.1 Å². The first-order valence-electron chi connectivity index (χ1n) is 8.20. The average molecular weight is 348 g/mol. The van der Waals surface area contributed by atoms with Crippen molar-refractivity contribution in [3.63, 3.8) is 0 Å². The van der Waals surface area contributed by atoms with Crippen LogP contribution in [0.3, 0.4) is 0 Å². The van der Waals surface area contributed by atoms with Gasteiger partial charge in [0.05, 0.1) is 0 Å². The Balaban J connectivity index is 1.75. The number of methoxy groups -OCH3 is 1. The number of carbonyl (C=O) groups excluding carboxylic acids is 1. The van der Waals surface area contributed by atoms with E-state index in [1.54, 1.807) is 30.0 Å². The number of halogens is 1. The van der Waals surface area contributed by atoms with Crippen molar-refractivity contribution in [2.24, 2.45) is 0 Å². The predicted octanol–water partition coefficient (Wildman–Crippen LogP) is 1.50. The topological polar surface area (TPSA) is 91.1 Å². The van der Waals surface area contributed by atoms with Crippen molar-refractivity contribution in [2.45, 2.75) is 31.3 Å². The highest BCUT2D eigenvalue weighted by atomic mass is 19.1. The van der Waals surface area contributed by atoms with Crippen LogP contribution in [-0.2, 0) is 15.1 Å². The number of aromatic amines is 2. The van der Waals surface area contributed by atoms with Gasteiger partial charge in [-0.3, -0.25) is 9.78 Å². The SMILES string of the molecule is CO[C@@](C)(C(=O)N1CCC(c2n[nH]c(=O)[nH]2)CC1)c1ccccc1F. The zero-order valence-corrected chi connectivity index (χ0v) is 14.2. The fourth-order valence-corrected chi connectivity index (χ4v) is 3.29. The van der Waals surface area contributed by atoms with Crippen LogP contribution in [0.2, 0.25) is 0 Å². The molecular weight excluding hydrogens is 327 g/mol. The summed E-state index contributed by atoms with van der Waals surface area (Å²) in [6.45, 7) is 2.57. The van der Waals surface area contributed by atoms with Gasteiger partial charge >= 0.3 is 5.69 Å². The highest BCUT2D eigenvalue weighted by molar-refractivity contribution is 5.86. The van der Waals surface area contributed by atoms with Gasteiger partial charge in [0.25, 0.3) is 5.91 Å². The van der Waals surface area contributed by atoms with Gasteiger partial charge in [-0.25, -0.2) is 14.3 Å². The van der Waals surface area contributed by atoms with E-state index in [4.69, 9.17) is 4.74 Å². The van der Waals surface area contributed by atoms with Gasteiger partial charge in [-0.15, -0.1) is 0 Å². The van der Waals surface area contributed by atoms with Crippen LogP contribution in [0.4, 0.5) is 4.39 Å². The number of hydrogen-bond acceptors (Lipinski definition) is 4. The average Bonchev–Trinajstić information content (AvgIpc) is 3.07. The van der Waals surface area contributed by atoms with Crippen LogP contribution < -0.4 is 5.69 Å². The maximum atomic E-state index is 14.2. The Kier molecular flexibility index (Phi) is 4.71. The van der Waals surface area contributed by atoms with Crippen molar-refractivity contribution in [2.75, 3.05) is 20.2 Å². The molecule has 1 saturated heterocycles. The number of amides is 1. The standard InChI is InChI=1S/C17H21FN4O3/c1-17(25-2,12-5-3-4-6-13(12)18)15(23)22-9-7-11(8-10-22)14-19-16(24)21-20-14/h3-6,11H,7-10H2,1-2H3,(H2,19,20,21,24)/t17-/m1/s1. The Morgan fingerprint density at radius 2 is 2.04 bits per heavy atom. The molecule has 1 aliphatic rings. The van der Waals surface area contributed by atoms with Crippen molar-refractivity contribution in [1.29, 1.82) is 0 Å². The molecule has 0 aliphatic carbocycles. The number of rotatable bonds is 4. The first kappa shape index (κ1) is 17.3. The first-order chi connectivity index (χ1) is 12.0. The number of piperidine rings is 1. The summed E-state index contributed by atoms with van der Waals surface area (Å²) in [4.78, 5) is 28.5. The minimum absolute atomic E-state index is 0.0882. The molecule has 3 rings (SSSR count). The molecule has 1 atom stereocenters. The van der Waals surface area contributed by atoms with Crippen molar-refractivity contribution in [3.8, 4) is 0 Å². The number of likely N-dealkylation sites (tertiary alicyclic amines) is 1. The van der Waals surface area contributed by atoms with Crippen LogP contribution in [0.25, 0.3) is 0 Å². The van der Waals surface area contributed by atoms with Gasteiger partial charge in [0.15, 0.2) is 5.60 Å². The Morgan fingerprint density at radius 1 is 1.36 bits per heavy atom. The maximum absolute atomic E-state index is 14.2. The quantitative estimate of drug-likeness (QED) is 0.876. The summed E-state index contributed by atoms with van der Waals surface area (Å²) in [6, 6.07) is 6.15. The number of carbonyl (C=O) groups is 1. The second kappa shape index (κ2) is 6.79. The molecule has 1 aromatic heterocycles. The van der Waals surface area contributed by atoms with Gasteiger partial charge in [-0.1, -0.05) is 18.2 Å². The van der Waals surface area contributed by atoms with E-state index in [1.807, 2.05) is 0 Å². The lowest BCUT2D eigenvalue weighted by molar-refractivity contribution is -0.155. The summed E-state index contributed by atoms with van der Waals surface area (Å²) < 4.78 is 19.6. The Hall–Kier alpha value is -2.48. The number of hydrogen-bond donors (Lipinski definition) is 2. The summed E-state index contributed by atoms with van der Waals surface area (Å²) >= 11 is 0. The lowest BCUT2D eigenvalue weighted by Gasteiger charge is -2.37. The summed E-state index contributed by atoms with van der Waals surface area (Å²) in [5.74, 6) is -0.0378. The third-order valence-electron chi connectivity index (χ3n) is 4.89. The Bertz CT molecular complexity index is 810. The van der Waals surface area contributed by atoms with E-state index in [9.17, 15) is 14.0 Å². The Morgan fingerprint density at radius 3 is 2.60 bits per heavy atom. The monoisotopic (exact) mass is 348 g/mol. The van der Waals surface area contributed by atoms with Gasteiger partial charge < -0.3 is 9.64 Å². The van der Waals surface area contributed by atoms with Gasteiger partial charge in [-0.05, 0) is 25.8 Å². The van der Waals surface area contributed by atoms with E-state index in [2.05, 4.69) is 15.2 Å². The summed E-state index contributed by atoms with van der Waals surface area (Å²) in [7, 11) is 1.41. The van der Waals surface area contributed by atoms with Crippen LogP contribution in [0, 0.1) is 5.82 Å². The van der Waals surface area contributed by atoms with Crippen molar-refractivity contribution < 1.29 is 13.9 Å². The zero-order chi connectivity index (χ0) is 18.0. The molecular formula is C17H21FN4O3. The van der Waals surface area contributed by atoms with E-state index in [0.29, 0.717) is 31.8 Å². The third kappa shape index (κ3) is 3.21. The number of benzene rings is 1. The van der Waals surface area contributed by atoms with Crippen molar-refractivity contribution in [3.05, 3.63) is 52.0 Å². The summed E-state index contributed by atoms with van der Waals surface area (Å²) in [6.07, 6.45) is 1.34. The van der Waals surface area contributed by atoms with Gasteiger partial charge in [0.2, 0.25) is 0 Å². The highest BCUT2D eigenvalue weighted by Gasteiger charge is 2.41. The molecule has 0 radical (unpaired) electrons. The van der Waals surface area contributed by atoms with Crippen LogP contribution in [0.5, 0.6) is 0 Å². The molecule has 0 saturated carbocycles. The predicted molar refractivity (Wildman–Crippen MR) is 88.5 cm³/mol. The molecule has 1 aromatic carbocycles. The van der Waals surface area contributed by atoms with E-state index < -0.39 is 11.4 Å².